The first-order chi connectivity index (χ1) is 10.2. The molecule has 0 bridgehead atoms. The molecule has 0 saturated heterocycles. The van der Waals surface area contributed by atoms with Crippen molar-refractivity contribution in [1.29, 1.82) is 0 Å². The predicted octanol–water partition coefficient (Wildman–Crippen LogP) is 4.03. The maximum Gasteiger partial charge on any atom is 0.185 e. The Bertz CT molecular complexity index is 575. The van der Waals surface area contributed by atoms with Crippen LogP contribution < -0.4 is 0 Å². The third kappa shape index (κ3) is 4.30. The summed E-state index contributed by atoms with van der Waals surface area (Å²) in [5.74, 6) is 0.560. The third-order valence-corrected chi connectivity index (χ3v) is 4.75. The summed E-state index contributed by atoms with van der Waals surface area (Å²) < 4.78 is 5.67. The van der Waals surface area contributed by atoms with Crippen molar-refractivity contribution in [2.45, 2.75) is 13.8 Å². The van der Waals surface area contributed by atoms with Gasteiger partial charge in [-0.05, 0) is 41.7 Å². The molecule has 0 fully saturated rings. The predicted molar refractivity (Wildman–Crippen MR) is 94.7 cm³/mol. The van der Waals surface area contributed by atoms with E-state index in [-0.39, 0.29) is 0 Å². The normalized spacial score (nSPS) is 11.0. The van der Waals surface area contributed by atoms with Gasteiger partial charge in [0.15, 0.2) is 9.76 Å². The highest BCUT2D eigenvalue weighted by atomic mass is 35.5. The van der Waals surface area contributed by atoms with Gasteiger partial charge >= 0.3 is 0 Å². The maximum atomic E-state index is 5.68. The van der Waals surface area contributed by atoms with Crippen molar-refractivity contribution >= 4 is 26.9 Å². The molecule has 0 aromatic heterocycles. The molecule has 21 heavy (non-hydrogen) atoms. The highest BCUT2D eigenvalue weighted by molar-refractivity contribution is 6.37. The van der Waals surface area contributed by atoms with Crippen LogP contribution in [0.4, 0.5) is 0 Å². The number of hydrogen-bond donors (Lipinski definition) is 0. The summed E-state index contributed by atoms with van der Waals surface area (Å²) >= 11 is 5.68. The van der Waals surface area contributed by atoms with Crippen LogP contribution in [-0.2, 0) is 4.43 Å². The summed E-state index contributed by atoms with van der Waals surface area (Å²) in [6.07, 6.45) is 0. The molecule has 0 aliphatic heterocycles. The maximum absolute atomic E-state index is 5.68. The number of aryl methyl sites for hydroxylation is 2. The lowest BCUT2D eigenvalue weighted by atomic mass is 9.93. The lowest BCUT2D eigenvalue weighted by Crippen LogP contribution is -2.02. The van der Waals surface area contributed by atoms with E-state index in [1.807, 2.05) is 0 Å². The second kappa shape index (κ2) is 8.18. The Balaban J connectivity index is 2.40. The van der Waals surface area contributed by atoms with Crippen LogP contribution in [0.5, 0.6) is 0 Å². The van der Waals surface area contributed by atoms with Gasteiger partial charge in [-0.15, -0.1) is 11.6 Å². The zero-order valence-corrected chi connectivity index (χ0v) is 14.8. The van der Waals surface area contributed by atoms with Gasteiger partial charge in [-0.1, -0.05) is 54.2 Å². The van der Waals surface area contributed by atoms with Crippen molar-refractivity contribution in [3.05, 3.63) is 76.5 Å². The van der Waals surface area contributed by atoms with E-state index < -0.39 is 9.76 Å². The molecule has 2 rings (SSSR count). The molecule has 0 saturated carbocycles. The first-order valence-electron chi connectivity index (χ1n) is 7.20. The molecule has 0 unspecified atom stereocenters. The Labute approximate surface area is 134 Å². The van der Waals surface area contributed by atoms with Crippen LogP contribution in [0.1, 0.15) is 22.3 Å². The van der Waals surface area contributed by atoms with E-state index in [2.05, 4.69) is 68.1 Å². The van der Waals surface area contributed by atoms with E-state index >= 15 is 0 Å². The molecule has 2 aromatic rings. The van der Waals surface area contributed by atoms with Gasteiger partial charge in [-0.2, -0.15) is 0 Å². The van der Waals surface area contributed by atoms with Gasteiger partial charge in [-0.3, -0.25) is 0 Å². The summed E-state index contributed by atoms with van der Waals surface area (Å²) in [5, 5.41) is 0. The quantitative estimate of drug-likeness (QED) is 0.444. The van der Waals surface area contributed by atoms with E-state index in [0.29, 0.717) is 12.5 Å². The van der Waals surface area contributed by atoms with Crippen molar-refractivity contribution in [3.8, 4) is 0 Å². The second-order valence-corrected chi connectivity index (χ2v) is 6.54. The van der Waals surface area contributed by atoms with Gasteiger partial charge in [0.1, 0.15) is 0 Å². The standard InChI is InChI=1S/C18H21ClOSi/c1-14-7-3-5-9-16(14)18(13-21-20-12-11-19)17-10-6-4-8-15(17)2/h3-10,13H,11-12,21H2,1-2H3. The van der Waals surface area contributed by atoms with Gasteiger partial charge in [0.05, 0.1) is 0 Å². The Morgan fingerprint density at radius 2 is 1.52 bits per heavy atom. The molecule has 0 heterocycles. The van der Waals surface area contributed by atoms with Gasteiger partial charge in [0.25, 0.3) is 0 Å². The molecule has 0 N–H and O–H groups in total. The molecular weight excluding hydrogens is 296 g/mol. The van der Waals surface area contributed by atoms with E-state index in [9.17, 15) is 0 Å². The number of alkyl halides is 1. The van der Waals surface area contributed by atoms with Crippen molar-refractivity contribution < 1.29 is 4.43 Å². The van der Waals surface area contributed by atoms with Crippen molar-refractivity contribution in [3.63, 3.8) is 0 Å². The summed E-state index contributed by atoms with van der Waals surface area (Å²) in [4.78, 5) is 0. The van der Waals surface area contributed by atoms with Gasteiger partial charge in [0, 0.05) is 12.5 Å². The van der Waals surface area contributed by atoms with Crippen LogP contribution in [0, 0.1) is 13.8 Å². The Hall–Kier alpha value is -1.35. The van der Waals surface area contributed by atoms with Crippen LogP contribution >= 0.6 is 11.6 Å². The minimum Gasteiger partial charge on any atom is -0.418 e. The highest BCUT2D eigenvalue weighted by Gasteiger charge is 2.09. The number of rotatable bonds is 6. The minimum absolute atomic E-state index is 0.560. The fourth-order valence-corrected chi connectivity index (χ4v) is 3.72. The van der Waals surface area contributed by atoms with Gasteiger partial charge in [0.2, 0.25) is 0 Å². The largest absolute Gasteiger partial charge is 0.418 e. The second-order valence-electron chi connectivity index (χ2n) is 5.01. The lowest BCUT2D eigenvalue weighted by Gasteiger charge is -2.14. The first kappa shape index (κ1) is 16.0. The van der Waals surface area contributed by atoms with Crippen LogP contribution in [-0.4, -0.2) is 22.3 Å². The van der Waals surface area contributed by atoms with E-state index in [1.54, 1.807) is 0 Å². The Morgan fingerprint density at radius 1 is 1.00 bits per heavy atom. The summed E-state index contributed by atoms with van der Waals surface area (Å²) in [7, 11) is -0.713. The van der Waals surface area contributed by atoms with Crippen LogP contribution in [0.3, 0.4) is 0 Å². The topological polar surface area (TPSA) is 9.23 Å². The smallest absolute Gasteiger partial charge is 0.185 e. The highest BCUT2D eigenvalue weighted by Crippen LogP contribution is 2.28. The molecule has 0 atom stereocenters. The Kier molecular flexibility index (Phi) is 6.24. The number of benzene rings is 2. The van der Waals surface area contributed by atoms with E-state index in [1.165, 1.54) is 27.8 Å². The average molecular weight is 317 g/mol. The molecular formula is C18H21ClOSi. The van der Waals surface area contributed by atoms with Crippen molar-refractivity contribution in [2.24, 2.45) is 0 Å². The van der Waals surface area contributed by atoms with Gasteiger partial charge < -0.3 is 4.43 Å². The Morgan fingerprint density at radius 3 is 2.00 bits per heavy atom. The number of halogens is 1. The lowest BCUT2D eigenvalue weighted by molar-refractivity contribution is 0.369. The summed E-state index contributed by atoms with van der Waals surface area (Å²) in [6.45, 7) is 4.95. The fraction of sp³-hybridized carbons (Fsp3) is 0.222. The molecule has 0 spiro atoms. The molecule has 2 aromatic carbocycles. The minimum atomic E-state index is -0.713. The average Bonchev–Trinajstić information content (AvgIpc) is 2.50. The third-order valence-electron chi connectivity index (χ3n) is 3.50. The molecule has 0 aliphatic carbocycles. The van der Waals surface area contributed by atoms with Crippen molar-refractivity contribution in [1.82, 2.24) is 0 Å². The monoisotopic (exact) mass is 316 g/mol. The summed E-state index contributed by atoms with van der Waals surface area (Å²) in [5.41, 5.74) is 8.73. The number of hydrogen-bond acceptors (Lipinski definition) is 1. The fourth-order valence-electron chi connectivity index (χ4n) is 2.40. The first-order valence-corrected chi connectivity index (χ1v) is 9.12. The summed E-state index contributed by atoms with van der Waals surface area (Å²) in [6, 6.07) is 17.0. The zero-order valence-electron chi connectivity index (χ0n) is 12.6. The molecule has 0 amide bonds. The molecule has 0 aliphatic rings. The molecule has 1 nitrogen and oxygen atoms in total. The van der Waals surface area contributed by atoms with E-state index in [0.717, 1.165) is 0 Å². The van der Waals surface area contributed by atoms with Crippen LogP contribution in [0.25, 0.3) is 5.57 Å². The molecule has 3 heteroatoms. The van der Waals surface area contributed by atoms with Gasteiger partial charge in [-0.25, -0.2) is 0 Å². The van der Waals surface area contributed by atoms with E-state index in [4.69, 9.17) is 16.0 Å². The molecule has 0 radical (unpaired) electrons. The van der Waals surface area contributed by atoms with Crippen molar-refractivity contribution in [2.75, 3.05) is 12.5 Å². The zero-order chi connectivity index (χ0) is 15.1. The molecule has 110 valence electrons. The van der Waals surface area contributed by atoms with Crippen LogP contribution in [0.15, 0.2) is 54.2 Å². The van der Waals surface area contributed by atoms with Crippen LogP contribution in [0.2, 0.25) is 0 Å². The SMILES string of the molecule is Cc1ccccc1C(=C[SiH2]OCCCl)c1ccccc1C.